The maximum Gasteiger partial charge on any atom is 0.160 e. The first-order valence-electron chi connectivity index (χ1n) is 8.20. The first-order chi connectivity index (χ1) is 10.1. The first kappa shape index (κ1) is 17.8. The number of hydrogen-bond acceptors (Lipinski definition) is 3. The van der Waals surface area contributed by atoms with E-state index in [1.165, 1.54) is 38.5 Å². The zero-order chi connectivity index (χ0) is 15.5. The Kier molecular flexibility index (Phi) is 8.91. The van der Waals surface area contributed by atoms with Gasteiger partial charge in [0.1, 0.15) is 0 Å². The third kappa shape index (κ3) is 7.96. The van der Waals surface area contributed by atoms with Crippen LogP contribution in [0.5, 0.6) is 11.5 Å². The first-order valence-corrected chi connectivity index (χ1v) is 8.20. The zero-order valence-corrected chi connectivity index (χ0v) is 13.8. The molecule has 0 spiro atoms. The van der Waals surface area contributed by atoms with Crippen molar-refractivity contribution < 1.29 is 9.84 Å². The summed E-state index contributed by atoms with van der Waals surface area (Å²) in [7, 11) is 1.57. The highest BCUT2D eigenvalue weighted by atomic mass is 16.5. The van der Waals surface area contributed by atoms with Crippen LogP contribution in [0, 0.1) is 5.92 Å². The summed E-state index contributed by atoms with van der Waals surface area (Å²) in [6.45, 7) is 6.46. The molecule has 0 aliphatic heterocycles. The van der Waals surface area contributed by atoms with Gasteiger partial charge in [-0.05, 0) is 36.6 Å². The van der Waals surface area contributed by atoms with Crippen LogP contribution in [0.15, 0.2) is 18.2 Å². The van der Waals surface area contributed by atoms with Crippen molar-refractivity contribution in [1.29, 1.82) is 0 Å². The lowest BCUT2D eigenvalue weighted by Crippen LogP contribution is -2.14. The van der Waals surface area contributed by atoms with Crippen molar-refractivity contribution in [2.24, 2.45) is 5.92 Å². The van der Waals surface area contributed by atoms with Gasteiger partial charge in [0, 0.05) is 6.54 Å². The van der Waals surface area contributed by atoms with Crippen LogP contribution in [-0.2, 0) is 6.54 Å². The molecule has 0 fully saturated rings. The summed E-state index contributed by atoms with van der Waals surface area (Å²) in [5.74, 6) is 1.58. The fourth-order valence-electron chi connectivity index (χ4n) is 2.40. The molecule has 0 atom stereocenters. The van der Waals surface area contributed by atoms with Gasteiger partial charge in [0.2, 0.25) is 0 Å². The van der Waals surface area contributed by atoms with Gasteiger partial charge in [-0.25, -0.2) is 0 Å². The molecule has 0 aromatic heterocycles. The Morgan fingerprint density at radius 1 is 1.10 bits per heavy atom. The summed E-state index contributed by atoms with van der Waals surface area (Å²) >= 11 is 0. The predicted octanol–water partition coefficient (Wildman–Crippen LogP) is 4.49. The van der Waals surface area contributed by atoms with Gasteiger partial charge < -0.3 is 15.2 Å². The molecule has 0 radical (unpaired) electrons. The van der Waals surface area contributed by atoms with Crippen LogP contribution >= 0.6 is 0 Å². The van der Waals surface area contributed by atoms with Crippen LogP contribution in [0.25, 0.3) is 0 Å². The van der Waals surface area contributed by atoms with Crippen molar-refractivity contribution in [3.05, 3.63) is 23.8 Å². The van der Waals surface area contributed by atoms with Crippen molar-refractivity contribution in [2.45, 2.75) is 58.9 Å². The number of ether oxygens (including phenoxy) is 1. The number of nitrogens with one attached hydrogen (secondary N) is 1. The van der Waals surface area contributed by atoms with E-state index in [-0.39, 0.29) is 5.75 Å². The second-order valence-electron chi connectivity index (χ2n) is 6.13. The van der Waals surface area contributed by atoms with Gasteiger partial charge in [-0.1, -0.05) is 52.0 Å². The molecule has 0 saturated carbocycles. The van der Waals surface area contributed by atoms with Gasteiger partial charge in [0.15, 0.2) is 11.5 Å². The van der Waals surface area contributed by atoms with Gasteiger partial charge in [-0.2, -0.15) is 0 Å². The molecule has 1 aromatic rings. The molecule has 0 amide bonds. The number of hydrogen-bond donors (Lipinski definition) is 2. The maximum atomic E-state index is 9.54. The normalized spacial score (nSPS) is 11.0. The average Bonchev–Trinajstić information content (AvgIpc) is 2.46. The topological polar surface area (TPSA) is 41.5 Å². The summed E-state index contributed by atoms with van der Waals surface area (Å²) in [6.07, 6.45) is 8.00. The van der Waals surface area contributed by atoms with E-state index in [1.54, 1.807) is 13.2 Å². The van der Waals surface area contributed by atoms with E-state index >= 15 is 0 Å². The van der Waals surface area contributed by atoms with E-state index in [2.05, 4.69) is 19.2 Å². The van der Waals surface area contributed by atoms with Crippen LogP contribution in [-0.4, -0.2) is 18.8 Å². The molecular weight excluding hydrogens is 262 g/mol. The Hall–Kier alpha value is -1.22. The molecule has 3 heteroatoms. The van der Waals surface area contributed by atoms with E-state index in [1.807, 2.05) is 12.1 Å². The lowest BCUT2D eigenvalue weighted by Gasteiger charge is -2.08. The summed E-state index contributed by atoms with van der Waals surface area (Å²) in [4.78, 5) is 0. The highest BCUT2D eigenvalue weighted by Crippen LogP contribution is 2.26. The van der Waals surface area contributed by atoms with Gasteiger partial charge in [-0.3, -0.25) is 0 Å². The number of benzene rings is 1. The van der Waals surface area contributed by atoms with Gasteiger partial charge in [-0.15, -0.1) is 0 Å². The molecule has 1 rings (SSSR count). The third-order valence-corrected chi connectivity index (χ3v) is 3.71. The van der Waals surface area contributed by atoms with Crippen LogP contribution < -0.4 is 10.1 Å². The standard InChI is InChI=1S/C18H31NO2/c1-15(2)9-7-5-4-6-8-12-19-14-16-10-11-17(20)18(13-16)21-3/h10-11,13,15,19-20H,4-9,12,14H2,1-3H3. The fourth-order valence-corrected chi connectivity index (χ4v) is 2.40. The maximum absolute atomic E-state index is 9.54. The fraction of sp³-hybridized carbons (Fsp3) is 0.667. The molecule has 0 aliphatic rings. The monoisotopic (exact) mass is 293 g/mol. The highest BCUT2D eigenvalue weighted by molar-refractivity contribution is 5.41. The van der Waals surface area contributed by atoms with Crippen LogP contribution in [0.1, 0.15) is 57.9 Å². The second-order valence-corrected chi connectivity index (χ2v) is 6.13. The molecule has 21 heavy (non-hydrogen) atoms. The third-order valence-electron chi connectivity index (χ3n) is 3.71. The number of aromatic hydroxyl groups is 1. The SMILES string of the molecule is COc1cc(CNCCCCCCCC(C)C)ccc1O. The van der Waals surface area contributed by atoms with Gasteiger partial charge in [0.05, 0.1) is 7.11 Å². The van der Waals surface area contributed by atoms with Crippen molar-refractivity contribution in [1.82, 2.24) is 5.32 Å². The molecule has 2 N–H and O–H groups in total. The van der Waals surface area contributed by atoms with Crippen molar-refractivity contribution in [3.8, 4) is 11.5 Å². The number of rotatable bonds is 11. The van der Waals surface area contributed by atoms with E-state index < -0.39 is 0 Å². The van der Waals surface area contributed by atoms with Crippen molar-refractivity contribution >= 4 is 0 Å². The Morgan fingerprint density at radius 3 is 2.52 bits per heavy atom. The Balaban J connectivity index is 2.04. The Morgan fingerprint density at radius 2 is 1.81 bits per heavy atom. The van der Waals surface area contributed by atoms with Crippen molar-refractivity contribution in [3.63, 3.8) is 0 Å². The van der Waals surface area contributed by atoms with E-state index in [0.717, 1.165) is 24.6 Å². The minimum absolute atomic E-state index is 0.197. The molecule has 0 saturated heterocycles. The summed E-state index contributed by atoms with van der Waals surface area (Å²) < 4.78 is 5.11. The molecule has 0 unspecified atom stereocenters. The average molecular weight is 293 g/mol. The van der Waals surface area contributed by atoms with Gasteiger partial charge in [0.25, 0.3) is 0 Å². The molecule has 1 aromatic carbocycles. The molecule has 120 valence electrons. The van der Waals surface area contributed by atoms with Crippen molar-refractivity contribution in [2.75, 3.05) is 13.7 Å². The minimum atomic E-state index is 0.197. The molecule has 0 aliphatic carbocycles. The number of methoxy groups -OCH3 is 1. The van der Waals surface area contributed by atoms with E-state index in [0.29, 0.717) is 5.75 Å². The van der Waals surface area contributed by atoms with Crippen LogP contribution in [0.4, 0.5) is 0 Å². The predicted molar refractivity (Wildman–Crippen MR) is 88.9 cm³/mol. The van der Waals surface area contributed by atoms with E-state index in [9.17, 15) is 5.11 Å². The quantitative estimate of drug-likeness (QED) is 0.591. The largest absolute Gasteiger partial charge is 0.504 e. The smallest absolute Gasteiger partial charge is 0.160 e. The highest BCUT2D eigenvalue weighted by Gasteiger charge is 2.02. The van der Waals surface area contributed by atoms with Crippen LogP contribution in [0.2, 0.25) is 0 Å². The zero-order valence-electron chi connectivity index (χ0n) is 13.8. The summed E-state index contributed by atoms with van der Waals surface area (Å²) in [6, 6.07) is 5.50. The number of phenolic OH excluding ortho intramolecular Hbond substituents is 1. The second kappa shape index (κ2) is 10.5. The lowest BCUT2D eigenvalue weighted by molar-refractivity contribution is 0.372. The molecule has 0 bridgehead atoms. The summed E-state index contributed by atoms with van der Waals surface area (Å²) in [5, 5.41) is 13.0. The van der Waals surface area contributed by atoms with Crippen LogP contribution in [0.3, 0.4) is 0 Å². The Bertz CT molecular complexity index is 391. The van der Waals surface area contributed by atoms with E-state index in [4.69, 9.17) is 4.74 Å². The minimum Gasteiger partial charge on any atom is -0.504 e. The number of unbranched alkanes of at least 4 members (excludes halogenated alkanes) is 4. The van der Waals surface area contributed by atoms with Gasteiger partial charge >= 0.3 is 0 Å². The lowest BCUT2D eigenvalue weighted by atomic mass is 10.0. The molecular formula is C18H31NO2. The summed E-state index contributed by atoms with van der Waals surface area (Å²) in [5.41, 5.74) is 1.14. The Labute approximate surface area is 129 Å². The molecule has 0 heterocycles. The molecule has 3 nitrogen and oxygen atoms in total. The number of phenols is 1.